The van der Waals surface area contributed by atoms with Crippen molar-refractivity contribution in [3.63, 3.8) is 0 Å². The molecule has 2 aromatic carbocycles. The summed E-state index contributed by atoms with van der Waals surface area (Å²) in [6.07, 6.45) is 4.21. The van der Waals surface area contributed by atoms with Crippen molar-refractivity contribution in [3.05, 3.63) is 95.7 Å². The van der Waals surface area contributed by atoms with Gasteiger partial charge in [-0.3, -0.25) is 9.59 Å². The lowest BCUT2D eigenvalue weighted by molar-refractivity contribution is -0.138. The van der Waals surface area contributed by atoms with Crippen LogP contribution in [0.1, 0.15) is 18.1 Å². The highest BCUT2D eigenvalue weighted by molar-refractivity contribution is 5.93. The lowest BCUT2D eigenvalue weighted by Crippen LogP contribution is -2.40. The molecule has 0 aliphatic carbocycles. The third kappa shape index (κ3) is 9.83. The first-order valence-corrected chi connectivity index (χ1v) is 10.8. The number of hydrogen-bond donors (Lipinski definition) is 2. The van der Waals surface area contributed by atoms with Crippen LogP contribution >= 0.6 is 0 Å². The molecule has 0 bridgehead atoms. The van der Waals surface area contributed by atoms with E-state index >= 15 is 0 Å². The Kier molecular flexibility index (Phi) is 11.1. The van der Waals surface area contributed by atoms with E-state index in [1.807, 2.05) is 60.7 Å². The Balaban J connectivity index is 2.02. The van der Waals surface area contributed by atoms with E-state index in [-0.39, 0.29) is 37.1 Å². The number of ether oxygens (including phenoxy) is 1. The molecule has 2 rings (SSSR count). The predicted octanol–water partition coefficient (Wildman–Crippen LogP) is 2.45. The van der Waals surface area contributed by atoms with E-state index in [1.54, 1.807) is 13.0 Å². The maximum Gasteiger partial charge on any atom is 0.348 e. The Bertz CT molecular complexity index is 986. The number of amides is 2. The highest BCUT2D eigenvalue weighted by Gasteiger charge is 2.12. The zero-order valence-electron chi connectivity index (χ0n) is 19.1. The van der Waals surface area contributed by atoms with Gasteiger partial charge in [0, 0.05) is 19.3 Å². The highest BCUT2D eigenvalue weighted by Crippen LogP contribution is 2.01. The van der Waals surface area contributed by atoms with Crippen molar-refractivity contribution in [2.24, 2.45) is 0 Å². The molecular weight excluding hydrogens is 432 g/mol. The number of allylic oxidation sites excluding steroid dienone is 2. The molecule has 0 heterocycles. The van der Waals surface area contributed by atoms with Crippen LogP contribution in [0.2, 0.25) is 0 Å². The first-order chi connectivity index (χ1) is 16.5. The number of nitrogens with zero attached hydrogens (tertiary/aromatic N) is 2. The molecule has 2 aromatic rings. The van der Waals surface area contributed by atoms with Gasteiger partial charge in [0.1, 0.15) is 11.6 Å². The molecule has 2 N–H and O–H groups in total. The van der Waals surface area contributed by atoms with Crippen molar-refractivity contribution in [3.8, 4) is 6.07 Å². The maximum absolute atomic E-state index is 12.5. The Morgan fingerprint density at radius 2 is 1.41 bits per heavy atom. The van der Waals surface area contributed by atoms with Crippen LogP contribution < -0.4 is 10.6 Å². The van der Waals surface area contributed by atoms with Crippen LogP contribution in [0.3, 0.4) is 0 Å². The lowest BCUT2D eigenvalue weighted by Gasteiger charge is -2.19. The number of esters is 1. The van der Waals surface area contributed by atoms with Crippen molar-refractivity contribution < 1.29 is 19.1 Å². The first kappa shape index (κ1) is 25.9. The standard InChI is InChI=1S/C26H28N4O4/c1-2-34-26(33)23(16-27)14-9-15-30(19-24(31)28-17-21-10-5-3-6-11-21)20-25(32)29-18-22-12-7-4-8-13-22/h3-15H,2,17-20H2,1H3,(H,28,31)(H,29,32)/b15-9+,23-14+. The molecule has 0 saturated carbocycles. The second-order valence-corrected chi connectivity index (χ2v) is 7.18. The van der Waals surface area contributed by atoms with Crippen LogP contribution in [-0.4, -0.2) is 42.4 Å². The second-order valence-electron chi connectivity index (χ2n) is 7.18. The molecule has 0 atom stereocenters. The molecule has 0 aliphatic rings. The van der Waals surface area contributed by atoms with Crippen molar-refractivity contribution in [2.45, 2.75) is 20.0 Å². The van der Waals surface area contributed by atoms with E-state index in [4.69, 9.17) is 10.00 Å². The molecule has 0 aromatic heterocycles. The summed E-state index contributed by atoms with van der Waals surface area (Å²) in [6, 6.07) is 20.7. The smallest absolute Gasteiger partial charge is 0.348 e. The summed E-state index contributed by atoms with van der Waals surface area (Å²) in [7, 11) is 0. The fourth-order valence-electron chi connectivity index (χ4n) is 2.86. The lowest BCUT2D eigenvalue weighted by atomic mass is 10.2. The summed E-state index contributed by atoms with van der Waals surface area (Å²) in [5.41, 5.74) is 1.73. The van der Waals surface area contributed by atoms with Gasteiger partial charge in [-0.25, -0.2) is 4.79 Å². The third-order valence-corrected chi connectivity index (χ3v) is 4.53. The normalized spacial score (nSPS) is 10.9. The Hall–Kier alpha value is -4.38. The van der Waals surface area contributed by atoms with Crippen LogP contribution in [0, 0.1) is 11.3 Å². The molecule has 176 valence electrons. The van der Waals surface area contributed by atoms with Gasteiger partial charge < -0.3 is 20.3 Å². The average molecular weight is 461 g/mol. The number of nitrogens with one attached hydrogen (secondary N) is 2. The molecule has 0 spiro atoms. The minimum atomic E-state index is -0.734. The SMILES string of the molecule is CCOC(=O)/C(C#N)=C/C=C/N(CC(=O)NCc1ccccc1)CC(=O)NCc1ccccc1. The second kappa shape index (κ2) is 14.6. The predicted molar refractivity (Wildman–Crippen MR) is 128 cm³/mol. The van der Waals surface area contributed by atoms with E-state index < -0.39 is 5.97 Å². The number of carbonyl (C=O) groups excluding carboxylic acids is 3. The van der Waals surface area contributed by atoms with Gasteiger partial charge >= 0.3 is 5.97 Å². The fourth-order valence-corrected chi connectivity index (χ4v) is 2.86. The minimum Gasteiger partial charge on any atom is -0.462 e. The van der Waals surface area contributed by atoms with Gasteiger partial charge in [0.25, 0.3) is 0 Å². The number of benzene rings is 2. The summed E-state index contributed by atoms with van der Waals surface area (Å²) < 4.78 is 4.82. The van der Waals surface area contributed by atoms with E-state index in [2.05, 4.69) is 10.6 Å². The highest BCUT2D eigenvalue weighted by atomic mass is 16.5. The monoisotopic (exact) mass is 460 g/mol. The van der Waals surface area contributed by atoms with Crippen molar-refractivity contribution >= 4 is 17.8 Å². The van der Waals surface area contributed by atoms with Crippen LogP contribution in [0.15, 0.2) is 84.6 Å². The van der Waals surface area contributed by atoms with Gasteiger partial charge in [0.2, 0.25) is 11.8 Å². The van der Waals surface area contributed by atoms with Crippen LogP contribution in [0.4, 0.5) is 0 Å². The largest absolute Gasteiger partial charge is 0.462 e. The van der Waals surface area contributed by atoms with E-state index in [1.165, 1.54) is 23.3 Å². The molecule has 0 radical (unpaired) electrons. The van der Waals surface area contributed by atoms with Gasteiger partial charge in [0.05, 0.1) is 19.7 Å². The number of rotatable bonds is 12. The number of hydrogen-bond acceptors (Lipinski definition) is 6. The van der Waals surface area contributed by atoms with Gasteiger partial charge in [-0.2, -0.15) is 5.26 Å². The summed E-state index contributed by atoms with van der Waals surface area (Å²) in [4.78, 5) is 38.2. The van der Waals surface area contributed by atoms with E-state index in [0.717, 1.165) is 11.1 Å². The summed E-state index contributed by atoms with van der Waals surface area (Å²) >= 11 is 0. The van der Waals surface area contributed by atoms with Crippen molar-refractivity contribution in [2.75, 3.05) is 19.7 Å². The van der Waals surface area contributed by atoms with Gasteiger partial charge in [-0.05, 0) is 30.2 Å². The topological polar surface area (TPSA) is 112 Å². The molecule has 0 unspecified atom stereocenters. The van der Waals surface area contributed by atoms with Crippen molar-refractivity contribution in [1.29, 1.82) is 5.26 Å². The van der Waals surface area contributed by atoms with E-state index in [9.17, 15) is 14.4 Å². The van der Waals surface area contributed by atoms with Gasteiger partial charge in [0.15, 0.2) is 0 Å². The van der Waals surface area contributed by atoms with Crippen LogP contribution in [0.25, 0.3) is 0 Å². The Labute approximate surface area is 199 Å². The number of carbonyl (C=O) groups is 3. The maximum atomic E-state index is 12.5. The summed E-state index contributed by atoms with van der Waals surface area (Å²) in [5, 5.41) is 14.8. The Morgan fingerprint density at radius 1 is 0.912 bits per heavy atom. The molecule has 0 aliphatic heterocycles. The molecule has 0 saturated heterocycles. The van der Waals surface area contributed by atoms with Crippen LogP contribution in [-0.2, 0) is 32.2 Å². The zero-order valence-corrected chi connectivity index (χ0v) is 19.1. The molecule has 34 heavy (non-hydrogen) atoms. The molecule has 8 nitrogen and oxygen atoms in total. The first-order valence-electron chi connectivity index (χ1n) is 10.8. The van der Waals surface area contributed by atoms with E-state index in [0.29, 0.717) is 13.1 Å². The number of nitriles is 1. The average Bonchev–Trinajstić information content (AvgIpc) is 2.85. The quantitative estimate of drug-likeness (QED) is 0.218. The summed E-state index contributed by atoms with van der Waals surface area (Å²) in [5.74, 6) is -1.29. The fraction of sp³-hybridized carbons (Fsp3) is 0.231. The Morgan fingerprint density at radius 3 is 1.85 bits per heavy atom. The van der Waals surface area contributed by atoms with Gasteiger partial charge in [-0.1, -0.05) is 60.7 Å². The van der Waals surface area contributed by atoms with Crippen molar-refractivity contribution in [1.82, 2.24) is 15.5 Å². The van der Waals surface area contributed by atoms with Crippen LogP contribution in [0.5, 0.6) is 0 Å². The molecule has 0 fully saturated rings. The molecule has 2 amide bonds. The molecular formula is C26H28N4O4. The third-order valence-electron chi connectivity index (χ3n) is 4.53. The van der Waals surface area contributed by atoms with Gasteiger partial charge in [-0.15, -0.1) is 0 Å². The summed E-state index contributed by atoms with van der Waals surface area (Å²) in [6.45, 7) is 2.34. The minimum absolute atomic E-state index is 0.0861. The zero-order chi connectivity index (χ0) is 24.6. The molecule has 8 heteroatoms.